The molecule has 0 radical (unpaired) electrons. The van der Waals surface area contributed by atoms with Crippen molar-refractivity contribution in [2.45, 2.75) is 32.7 Å². The van der Waals surface area contributed by atoms with Gasteiger partial charge in [-0.3, -0.25) is 19.7 Å². The monoisotopic (exact) mass is 498 g/mol. The standard InChI is InChI=1S/C22H19BrN4O5/c1-2-9-26-17-6-4-3-5-16(17)24-22(26)25-20(30)13-10-14(12-15(23)11-13)21(31)32-27-18(28)7-8-19(27)29/h3-6,10-12H,2,7-9H2,1H3,(H,24,25,30). The van der Waals surface area contributed by atoms with Crippen LogP contribution in [0.3, 0.4) is 0 Å². The predicted octanol–water partition coefficient (Wildman–Crippen LogP) is 3.68. The summed E-state index contributed by atoms with van der Waals surface area (Å²) < 4.78 is 2.38. The van der Waals surface area contributed by atoms with E-state index in [0.717, 1.165) is 17.5 Å². The lowest BCUT2D eigenvalue weighted by Crippen LogP contribution is -2.32. The third-order valence-electron chi connectivity index (χ3n) is 4.90. The highest BCUT2D eigenvalue weighted by molar-refractivity contribution is 9.10. The number of carbonyl (C=O) groups excluding carboxylic acids is 4. The lowest BCUT2D eigenvalue weighted by atomic mass is 10.1. The number of nitrogens with zero attached hydrogens (tertiary/aromatic N) is 3. The van der Waals surface area contributed by atoms with Crippen molar-refractivity contribution in [2.75, 3.05) is 5.32 Å². The molecular formula is C22H19BrN4O5. The number of imide groups is 1. The van der Waals surface area contributed by atoms with E-state index in [2.05, 4.69) is 26.2 Å². The fraction of sp³-hybridized carbons (Fsp3) is 0.227. The minimum Gasteiger partial charge on any atom is -0.325 e. The van der Waals surface area contributed by atoms with Crippen LogP contribution in [0.5, 0.6) is 0 Å². The van der Waals surface area contributed by atoms with Gasteiger partial charge in [-0.15, -0.1) is 5.06 Å². The number of fused-ring (bicyclic) bond motifs is 1. The van der Waals surface area contributed by atoms with Crippen LogP contribution in [0.15, 0.2) is 46.9 Å². The summed E-state index contributed by atoms with van der Waals surface area (Å²) >= 11 is 3.28. The molecule has 3 amide bonds. The molecule has 4 rings (SSSR count). The molecule has 1 fully saturated rings. The highest BCUT2D eigenvalue weighted by Crippen LogP contribution is 2.23. The first-order chi connectivity index (χ1) is 15.4. The predicted molar refractivity (Wildman–Crippen MR) is 119 cm³/mol. The topological polar surface area (TPSA) is 111 Å². The number of halogens is 1. The van der Waals surface area contributed by atoms with Crippen molar-refractivity contribution in [1.82, 2.24) is 14.6 Å². The minimum atomic E-state index is -0.915. The van der Waals surface area contributed by atoms with Crippen LogP contribution < -0.4 is 5.32 Å². The summed E-state index contributed by atoms with van der Waals surface area (Å²) in [4.78, 5) is 58.3. The van der Waals surface area contributed by atoms with E-state index in [1.165, 1.54) is 12.1 Å². The number of nitrogens with one attached hydrogen (secondary N) is 1. The van der Waals surface area contributed by atoms with Crippen molar-refractivity contribution in [3.05, 3.63) is 58.1 Å². The summed E-state index contributed by atoms with van der Waals surface area (Å²) in [5, 5.41) is 3.27. The minimum absolute atomic E-state index is 0.00296. The fourth-order valence-corrected chi connectivity index (χ4v) is 3.92. The van der Waals surface area contributed by atoms with Crippen molar-refractivity contribution in [2.24, 2.45) is 0 Å². The van der Waals surface area contributed by atoms with Gasteiger partial charge in [-0.05, 0) is 36.8 Å². The maximum Gasteiger partial charge on any atom is 0.363 e. The van der Waals surface area contributed by atoms with Crippen LogP contribution in [-0.4, -0.2) is 38.3 Å². The first kappa shape index (κ1) is 21.7. The van der Waals surface area contributed by atoms with Gasteiger partial charge in [0.2, 0.25) is 5.95 Å². The van der Waals surface area contributed by atoms with Crippen LogP contribution in [0.25, 0.3) is 11.0 Å². The van der Waals surface area contributed by atoms with Gasteiger partial charge in [-0.2, -0.15) is 0 Å². The molecule has 1 saturated heterocycles. The highest BCUT2D eigenvalue weighted by atomic mass is 79.9. The molecule has 2 heterocycles. The summed E-state index contributed by atoms with van der Waals surface area (Å²) in [7, 11) is 0. The molecule has 9 nitrogen and oxygen atoms in total. The molecule has 3 aromatic rings. The molecule has 0 aliphatic carbocycles. The molecule has 1 N–H and O–H groups in total. The number of aromatic nitrogens is 2. The van der Waals surface area contributed by atoms with E-state index in [1.54, 1.807) is 6.07 Å². The zero-order valence-electron chi connectivity index (χ0n) is 17.1. The number of hydrogen-bond acceptors (Lipinski definition) is 6. The van der Waals surface area contributed by atoms with Crippen LogP contribution in [0.1, 0.15) is 46.9 Å². The van der Waals surface area contributed by atoms with Crippen molar-refractivity contribution in [3.8, 4) is 0 Å². The number of carbonyl (C=O) groups is 4. The van der Waals surface area contributed by atoms with E-state index in [1.807, 2.05) is 35.8 Å². The maximum atomic E-state index is 13.0. The van der Waals surface area contributed by atoms with Crippen molar-refractivity contribution in [3.63, 3.8) is 0 Å². The van der Waals surface area contributed by atoms with Crippen LogP contribution >= 0.6 is 15.9 Å². The van der Waals surface area contributed by atoms with Crippen LogP contribution in [0, 0.1) is 0 Å². The Morgan fingerprint density at radius 2 is 1.78 bits per heavy atom. The second kappa shape index (κ2) is 8.91. The Morgan fingerprint density at radius 3 is 2.50 bits per heavy atom. The zero-order chi connectivity index (χ0) is 22.8. The van der Waals surface area contributed by atoms with Gasteiger partial charge in [0.1, 0.15) is 0 Å². The van der Waals surface area contributed by atoms with E-state index in [0.29, 0.717) is 22.0 Å². The number of rotatable bonds is 6. The van der Waals surface area contributed by atoms with Crippen LogP contribution in [0.4, 0.5) is 5.95 Å². The highest BCUT2D eigenvalue weighted by Gasteiger charge is 2.33. The summed E-state index contributed by atoms with van der Waals surface area (Å²) in [6.45, 7) is 2.70. The van der Waals surface area contributed by atoms with Gasteiger partial charge >= 0.3 is 5.97 Å². The smallest absolute Gasteiger partial charge is 0.325 e. The summed E-state index contributed by atoms with van der Waals surface area (Å²) in [5.41, 5.74) is 1.86. The lowest BCUT2D eigenvalue weighted by molar-refractivity contribution is -0.172. The Morgan fingerprint density at radius 1 is 1.09 bits per heavy atom. The summed E-state index contributed by atoms with van der Waals surface area (Å²) in [6.07, 6.45) is 0.845. The van der Waals surface area contributed by atoms with Gasteiger partial charge in [0.25, 0.3) is 17.7 Å². The van der Waals surface area contributed by atoms with E-state index >= 15 is 0 Å². The van der Waals surface area contributed by atoms with Gasteiger partial charge in [0, 0.05) is 29.4 Å². The van der Waals surface area contributed by atoms with E-state index in [9.17, 15) is 19.2 Å². The first-order valence-electron chi connectivity index (χ1n) is 10.0. The number of amides is 3. The molecule has 1 aromatic heterocycles. The van der Waals surface area contributed by atoms with Crippen molar-refractivity contribution < 1.29 is 24.0 Å². The second-order valence-corrected chi connectivity index (χ2v) is 8.13. The third kappa shape index (κ3) is 4.26. The number of para-hydroxylation sites is 2. The molecule has 0 unspecified atom stereocenters. The van der Waals surface area contributed by atoms with Gasteiger partial charge in [-0.25, -0.2) is 9.78 Å². The van der Waals surface area contributed by atoms with E-state index < -0.39 is 23.7 Å². The van der Waals surface area contributed by atoms with Gasteiger partial charge < -0.3 is 9.40 Å². The molecule has 0 spiro atoms. The molecule has 10 heteroatoms. The van der Waals surface area contributed by atoms with Crippen molar-refractivity contribution in [1.29, 1.82) is 0 Å². The Bertz CT molecular complexity index is 1240. The van der Waals surface area contributed by atoms with E-state index in [4.69, 9.17) is 4.84 Å². The zero-order valence-corrected chi connectivity index (χ0v) is 18.7. The molecule has 2 aromatic carbocycles. The summed E-state index contributed by atoms with van der Waals surface area (Å²) in [5.74, 6) is -2.14. The van der Waals surface area contributed by atoms with Crippen molar-refractivity contribution >= 4 is 56.6 Å². The molecule has 1 aliphatic heterocycles. The number of hydrogen-bond donors (Lipinski definition) is 1. The summed E-state index contributed by atoms with van der Waals surface area (Å²) in [6, 6.07) is 11.9. The largest absolute Gasteiger partial charge is 0.363 e. The SMILES string of the molecule is CCCn1c(NC(=O)c2cc(Br)cc(C(=O)ON3C(=O)CCC3=O)c2)nc2ccccc21. The third-order valence-corrected chi connectivity index (χ3v) is 5.36. The number of aryl methyl sites for hydroxylation is 1. The molecular weight excluding hydrogens is 480 g/mol. The Hall–Kier alpha value is -3.53. The molecule has 0 atom stereocenters. The second-order valence-electron chi connectivity index (χ2n) is 7.22. The fourth-order valence-electron chi connectivity index (χ4n) is 3.43. The molecule has 0 bridgehead atoms. The Kier molecular flexibility index (Phi) is 6.04. The maximum absolute atomic E-state index is 13.0. The van der Waals surface area contributed by atoms with Crippen LogP contribution in [0.2, 0.25) is 0 Å². The molecule has 0 saturated carbocycles. The van der Waals surface area contributed by atoms with Gasteiger partial charge in [0.15, 0.2) is 0 Å². The molecule has 164 valence electrons. The van der Waals surface area contributed by atoms with Gasteiger partial charge in [0.05, 0.1) is 16.6 Å². The Labute approximate surface area is 191 Å². The van der Waals surface area contributed by atoms with Crippen LogP contribution in [-0.2, 0) is 21.0 Å². The van der Waals surface area contributed by atoms with Gasteiger partial charge in [-0.1, -0.05) is 35.0 Å². The lowest BCUT2D eigenvalue weighted by Gasteiger charge is -2.13. The Balaban J connectivity index is 1.58. The first-order valence-corrected chi connectivity index (χ1v) is 10.8. The quantitative estimate of drug-likeness (QED) is 0.519. The van der Waals surface area contributed by atoms with E-state index in [-0.39, 0.29) is 24.0 Å². The number of anilines is 1. The average molecular weight is 499 g/mol. The number of imidazole rings is 1. The number of hydroxylamine groups is 2. The average Bonchev–Trinajstić information content (AvgIpc) is 3.28. The molecule has 32 heavy (non-hydrogen) atoms. The number of benzene rings is 2. The normalized spacial score (nSPS) is 13.6. The molecule has 1 aliphatic rings.